The minimum absolute atomic E-state index is 0.0984. The van der Waals surface area contributed by atoms with Crippen LogP contribution in [0.4, 0.5) is 0 Å². The average Bonchev–Trinajstić information content (AvgIpc) is 2.38. The van der Waals surface area contributed by atoms with Gasteiger partial charge in [0.1, 0.15) is 6.10 Å². The summed E-state index contributed by atoms with van der Waals surface area (Å²) in [5.41, 5.74) is 1.38. The third-order valence-corrected chi connectivity index (χ3v) is 3.91. The molecular formula is C10H16O2. The first-order chi connectivity index (χ1) is 5.59. The minimum Gasteiger partial charge on any atom is -0.251 e. The fourth-order valence-corrected chi connectivity index (χ4v) is 3.15. The first kappa shape index (κ1) is 8.27. The van der Waals surface area contributed by atoms with E-state index in [9.17, 15) is 0 Å². The van der Waals surface area contributed by atoms with Crippen LogP contribution in [0.5, 0.6) is 0 Å². The van der Waals surface area contributed by atoms with Crippen molar-refractivity contribution >= 4 is 0 Å². The monoisotopic (exact) mass is 168 g/mol. The summed E-state index contributed by atoms with van der Waals surface area (Å²) in [4.78, 5) is 4.49. The third-order valence-electron chi connectivity index (χ3n) is 3.91. The maximum absolute atomic E-state index is 8.73. The Balaban J connectivity index is 2.33. The van der Waals surface area contributed by atoms with E-state index in [0.717, 1.165) is 5.57 Å². The van der Waals surface area contributed by atoms with E-state index >= 15 is 0 Å². The highest BCUT2D eigenvalue weighted by Crippen LogP contribution is 2.60. The maximum atomic E-state index is 8.73. The lowest BCUT2D eigenvalue weighted by Gasteiger charge is -2.24. The fraction of sp³-hybridized carbons (Fsp3) is 0.800. The van der Waals surface area contributed by atoms with Crippen LogP contribution in [0.3, 0.4) is 0 Å². The van der Waals surface area contributed by atoms with Crippen molar-refractivity contribution in [3.05, 3.63) is 12.2 Å². The number of hydrogen-bond donors (Lipinski definition) is 1. The highest BCUT2D eigenvalue weighted by atomic mass is 17.1. The zero-order chi connectivity index (χ0) is 8.93. The quantitative estimate of drug-likeness (QED) is 0.370. The van der Waals surface area contributed by atoms with Crippen molar-refractivity contribution in [3.8, 4) is 0 Å². The van der Waals surface area contributed by atoms with Gasteiger partial charge in [0, 0.05) is 0 Å². The molecule has 0 radical (unpaired) electrons. The minimum atomic E-state index is -0.0984. The van der Waals surface area contributed by atoms with Crippen LogP contribution in [0.25, 0.3) is 0 Å². The van der Waals surface area contributed by atoms with Crippen molar-refractivity contribution in [1.82, 2.24) is 0 Å². The molecule has 2 fully saturated rings. The second-order valence-electron chi connectivity index (χ2n) is 4.66. The van der Waals surface area contributed by atoms with E-state index < -0.39 is 0 Å². The molecule has 0 amide bonds. The Morgan fingerprint density at radius 1 is 1.50 bits per heavy atom. The van der Waals surface area contributed by atoms with Crippen LogP contribution >= 0.6 is 0 Å². The molecule has 2 saturated carbocycles. The van der Waals surface area contributed by atoms with Crippen LogP contribution in [0, 0.1) is 17.3 Å². The molecule has 2 aliphatic rings. The largest absolute Gasteiger partial charge is 0.251 e. The van der Waals surface area contributed by atoms with Gasteiger partial charge >= 0.3 is 0 Å². The lowest BCUT2D eigenvalue weighted by molar-refractivity contribution is -0.280. The molecule has 2 bridgehead atoms. The molecule has 68 valence electrons. The van der Waals surface area contributed by atoms with Crippen LogP contribution in [0.2, 0.25) is 0 Å². The van der Waals surface area contributed by atoms with Crippen molar-refractivity contribution < 1.29 is 10.1 Å². The van der Waals surface area contributed by atoms with E-state index in [2.05, 4.69) is 25.3 Å². The average molecular weight is 168 g/mol. The predicted octanol–water partition coefficient (Wildman–Crippen LogP) is 2.47. The van der Waals surface area contributed by atoms with E-state index in [-0.39, 0.29) is 11.5 Å². The zero-order valence-corrected chi connectivity index (χ0v) is 7.71. The molecule has 12 heavy (non-hydrogen) atoms. The first-order valence-corrected chi connectivity index (χ1v) is 4.58. The highest BCUT2D eigenvalue weighted by molar-refractivity contribution is 5.25. The molecule has 0 aromatic heterocycles. The van der Waals surface area contributed by atoms with Crippen LogP contribution in [-0.4, -0.2) is 11.4 Å². The normalized spacial score (nSPS) is 43.9. The SMILES string of the molecule is C=C1[C@@H](OO)[C@H]2CC[C@@H]1C2(C)C. The number of fused-ring (bicyclic) bond motifs is 2. The summed E-state index contributed by atoms with van der Waals surface area (Å²) in [6, 6.07) is 0. The van der Waals surface area contributed by atoms with E-state index in [4.69, 9.17) is 5.26 Å². The van der Waals surface area contributed by atoms with Gasteiger partial charge in [0.25, 0.3) is 0 Å². The predicted molar refractivity (Wildman–Crippen MR) is 46.6 cm³/mol. The Morgan fingerprint density at radius 3 is 2.50 bits per heavy atom. The Hall–Kier alpha value is -0.340. The summed E-state index contributed by atoms with van der Waals surface area (Å²) < 4.78 is 0. The highest BCUT2D eigenvalue weighted by Gasteiger charge is 2.56. The third kappa shape index (κ3) is 0.771. The lowest BCUT2D eigenvalue weighted by Crippen LogP contribution is -2.24. The van der Waals surface area contributed by atoms with Gasteiger partial charge in [0.15, 0.2) is 0 Å². The summed E-state index contributed by atoms with van der Waals surface area (Å²) in [6.45, 7) is 8.50. The molecule has 2 nitrogen and oxygen atoms in total. The lowest BCUT2D eigenvalue weighted by atomic mass is 9.81. The van der Waals surface area contributed by atoms with E-state index in [1.54, 1.807) is 0 Å². The molecule has 0 spiro atoms. The Kier molecular flexibility index (Phi) is 1.61. The molecule has 0 aromatic rings. The standard InChI is InChI=1S/C10H16O2/c1-6-7-4-5-8(9(6)12-11)10(7,2)3/h7-9,11H,1,4-5H2,2-3H3/t7-,8+,9+/m0/s1. The molecule has 1 N–H and O–H groups in total. The zero-order valence-electron chi connectivity index (χ0n) is 7.71. The second kappa shape index (κ2) is 2.33. The van der Waals surface area contributed by atoms with Gasteiger partial charge in [0.05, 0.1) is 0 Å². The van der Waals surface area contributed by atoms with Crippen molar-refractivity contribution in [3.63, 3.8) is 0 Å². The Labute approximate surface area is 73.2 Å². The van der Waals surface area contributed by atoms with Gasteiger partial charge in [-0.15, -0.1) is 0 Å². The number of rotatable bonds is 1. The van der Waals surface area contributed by atoms with Gasteiger partial charge in [-0.1, -0.05) is 20.4 Å². The molecule has 0 heterocycles. The van der Waals surface area contributed by atoms with Crippen LogP contribution in [0.1, 0.15) is 26.7 Å². The number of hydrogen-bond acceptors (Lipinski definition) is 2. The van der Waals surface area contributed by atoms with Crippen molar-refractivity contribution in [2.75, 3.05) is 0 Å². The van der Waals surface area contributed by atoms with Crippen LogP contribution < -0.4 is 0 Å². The van der Waals surface area contributed by atoms with Gasteiger partial charge in [0.2, 0.25) is 0 Å². The molecule has 0 aliphatic heterocycles. The van der Waals surface area contributed by atoms with Gasteiger partial charge in [-0.3, -0.25) is 5.26 Å². The van der Waals surface area contributed by atoms with Crippen molar-refractivity contribution in [2.45, 2.75) is 32.8 Å². The summed E-state index contributed by atoms with van der Waals surface area (Å²) in [5.74, 6) is 1.03. The topological polar surface area (TPSA) is 29.5 Å². The summed E-state index contributed by atoms with van der Waals surface area (Å²) >= 11 is 0. The van der Waals surface area contributed by atoms with Gasteiger partial charge in [-0.25, -0.2) is 4.89 Å². The maximum Gasteiger partial charge on any atom is 0.117 e. The van der Waals surface area contributed by atoms with Gasteiger partial charge in [-0.05, 0) is 35.7 Å². The van der Waals surface area contributed by atoms with Crippen molar-refractivity contribution in [2.24, 2.45) is 17.3 Å². The fourth-order valence-electron chi connectivity index (χ4n) is 3.15. The van der Waals surface area contributed by atoms with E-state index in [1.165, 1.54) is 12.8 Å². The van der Waals surface area contributed by atoms with E-state index in [0.29, 0.717) is 11.8 Å². The molecule has 0 unspecified atom stereocenters. The summed E-state index contributed by atoms with van der Waals surface area (Å²) in [7, 11) is 0. The smallest absolute Gasteiger partial charge is 0.117 e. The van der Waals surface area contributed by atoms with Crippen LogP contribution in [0.15, 0.2) is 12.2 Å². The molecule has 0 saturated heterocycles. The summed E-state index contributed by atoms with van der Waals surface area (Å²) in [5, 5.41) is 8.73. The second-order valence-corrected chi connectivity index (χ2v) is 4.66. The molecule has 2 heteroatoms. The van der Waals surface area contributed by atoms with Crippen LogP contribution in [-0.2, 0) is 4.89 Å². The molecule has 2 aliphatic carbocycles. The van der Waals surface area contributed by atoms with Gasteiger partial charge < -0.3 is 0 Å². The van der Waals surface area contributed by atoms with Crippen molar-refractivity contribution in [1.29, 1.82) is 0 Å². The molecule has 2 rings (SSSR count). The molecular weight excluding hydrogens is 152 g/mol. The van der Waals surface area contributed by atoms with E-state index in [1.807, 2.05) is 0 Å². The summed E-state index contributed by atoms with van der Waals surface area (Å²) in [6.07, 6.45) is 2.29. The molecule has 3 atom stereocenters. The molecule has 0 aromatic carbocycles. The first-order valence-electron chi connectivity index (χ1n) is 4.58. The Morgan fingerprint density at radius 2 is 2.17 bits per heavy atom. The van der Waals surface area contributed by atoms with Gasteiger partial charge in [-0.2, -0.15) is 0 Å². The Bertz CT molecular complexity index is 220.